The minimum Gasteiger partial charge on any atom is -0.460 e. The lowest BCUT2D eigenvalue weighted by Gasteiger charge is -2.17. The molecule has 0 aromatic heterocycles. The highest BCUT2D eigenvalue weighted by Crippen LogP contribution is 2.06. The van der Waals surface area contributed by atoms with E-state index in [1.54, 1.807) is 6.34 Å². The third kappa shape index (κ3) is 4.07. The van der Waals surface area contributed by atoms with E-state index < -0.39 is 0 Å². The minimum absolute atomic E-state index is 0. The van der Waals surface area contributed by atoms with E-state index >= 15 is 0 Å². The summed E-state index contributed by atoms with van der Waals surface area (Å²) in [5.74, 6) is -0.345. The highest BCUT2D eigenvalue weighted by molar-refractivity contribution is 5.85. The van der Waals surface area contributed by atoms with Crippen molar-refractivity contribution in [2.75, 3.05) is 13.1 Å². The zero-order valence-corrected chi connectivity index (χ0v) is 10.2. The lowest BCUT2D eigenvalue weighted by atomic mass is 10.1. The maximum absolute atomic E-state index is 11.6. The van der Waals surface area contributed by atoms with Crippen molar-refractivity contribution in [3.8, 4) is 0 Å². The highest BCUT2D eigenvalue weighted by atomic mass is 35.5. The van der Waals surface area contributed by atoms with E-state index in [-0.39, 0.29) is 24.3 Å². The Morgan fingerprint density at radius 2 is 2.18 bits per heavy atom. The summed E-state index contributed by atoms with van der Waals surface area (Å²) in [6, 6.07) is 9.66. The fourth-order valence-corrected chi connectivity index (χ4v) is 1.51. The van der Waals surface area contributed by atoms with Crippen molar-refractivity contribution in [2.45, 2.75) is 6.61 Å². The molecule has 0 spiro atoms. The summed E-state index contributed by atoms with van der Waals surface area (Å²) in [4.78, 5) is 15.6. The van der Waals surface area contributed by atoms with Crippen molar-refractivity contribution in [1.82, 2.24) is 5.32 Å². The number of benzene rings is 1. The van der Waals surface area contributed by atoms with Gasteiger partial charge in [0, 0.05) is 6.54 Å². The molecule has 1 aromatic rings. The Labute approximate surface area is 106 Å². The van der Waals surface area contributed by atoms with Gasteiger partial charge in [0.2, 0.25) is 0 Å². The number of hydrogen-bond donors (Lipinski definition) is 1. The summed E-state index contributed by atoms with van der Waals surface area (Å²) in [5.41, 5.74) is 1.00. The Kier molecular flexibility index (Phi) is 5.49. The Balaban J connectivity index is 0.00000144. The second-order valence-electron chi connectivity index (χ2n) is 3.69. The number of nitrogens with one attached hydrogen (secondary N) is 1. The van der Waals surface area contributed by atoms with Crippen LogP contribution in [0.1, 0.15) is 5.56 Å². The predicted octanol–water partition coefficient (Wildman–Crippen LogP) is 1.40. The van der Waals surface area contributed by atoms with Gasteiger partial charge in [-0.2, -0.15) is 0 Å². The van der Waals surface area contributed by atoms with Gasteiger partial charge in [0.15, 0.2) is 0 Å². The molecule has 5 heteroatoms. The zero-order chi connectivity index (χ0) is 11.2. The molecule has 2 rings (SSSR count). The molecule has 0 saturated carbocycles. The van der Waals surface area contributed by atoms with Gasteiger partial charge in [-0.05, 0) is 5.56 Å². The van der Waals surface area contributed by atoms with Crippen LogP contribution in [-0.2, 0) is 16.1 Å². The van der Waals surface area contributed by atoms with Crippen LogP contribution in [0.2, 0.25) is 0 Å². The van der Waals surface area contributed by atoms with E-state index in [4.69, 9.17) is 4.74 Å². The monoisotopic (exact) mass is 254 g/mol. The molecule has 1 unspecified atom stereocenters. The van der Waals surface area contributed by atoms with Gasteiger partial charge < -0.3 is 10.1 Å². The standard InChI is InChI=1S/C12H14N2O2.ClH/c15-12(11-6-13-9-14-7-11)16-8-10-4-2-1-3-5-10;/h1-5,9,11H,6-8H2,(H,13,14);1H. The molecule has 1 atom stereocenters. The second-order valence-corrected chi connectivity index (χ2v) is 3.69. The number of rotatable bonds is 3. The topological polar surface area (TPSA) is 50.7 Å². The molecular formula is C12H15ClN2O2. The first-order valence-corrected chi connectivity index (χ1v) is 5.28. The normalized spacial score (nSPS) is 17.8. The van der Waals surface area contributed by atoms with E-state index in [1.807, 2.05) is 30.3 Å². The van der Waals surface area contributed by atoms with E-state index in [0.29, 0.717) is 19.7 Å². The predicted molar refractivity (Wildman–Crippen MR) is 68.3 cm³/mol. The largest absolute Gasteiger partial charge is 0.460 e. The molecule has 1 N–H and O–H groups in total. The molecule has 4 nitrogen and oxygen atoms in total. The molecule has 1 heterocycles. The van der Waals surface area contributed by atoms with Crippen LogP contribution in [-0.4, -0.2) is 25.4 Å². The molecule has 92 valence electrons. The number of hydrogen-bond acceptors (Lipinski definition) is 4. The van der Waals surface area contributed by atoms with Gasteiger partial charge in [0.1, 0.15) is 6.61 Å². The van der Waals surface area contributed by atoms with Gasteiger partial charge in [-0.15, -0.1) is 12.4 Å². The zero-order valence-electron chi connectivity index (χ0n) is 9.33. The summed E-state index contributed by atoms with van der Waals surface area (Å²) in [5, 5.41) is 2.92. The van der Waals surface area contributed by atoms with Crippen LogP contribution in [0.25, 0.3) is 0 Å². The third-order valence-corrected chi connectivity index (χ3v) is 2.43. The van der Waals surface area contributed by atoms with Crippen LogP contribution in [0.4, 0.5) is 0 Å². The maximum Gasteiger partial charge on any atom is 0.312 e. The molecule has 1 aliphatic heterocycles. The third-order valence-electron chi connectivity index (χ3n) is 2.43. The summed E-state index contributed by atoms with van der Waals surface area (Å²) in [6.45, 7) is 1.46. The fraction of sp³-hybridized carbons (Fsp3) is 0.333. The van der Waals surface area contributed by atoms with E-state index in [2.05, 4.69) is 10.3 Å². The molecule has 0 bridgehead atoms. The first-order valence-electron chi connectivity index (χ1n) is 5.28. The SMILES string of the molecule is Cl.O=C(OCc1ccccc1)C1CN=CNC1. The summed E-state index contributed by atoms with van der Waals surface area (Å²) >= 11 is 0. The van der Waals surface area contributed by atoms with Crippen LogP contribution in [0.15, 0.2) is 35.3 Å². The molecule has 1 aliphatic rings. The maximum atomic E-state index is 11.6. The molecular weight excluding hydrogens is 240 g/mol. The summed E-state index contributed by atoms with van der Waals surface area (Å²) in [7, 11) is 0. The van der Waals surface area contributed by atoms with Crippen LogP contribution in [0, 0.1) is 5.92 Å². The Morgan fingerprint density at radius 3 is 2.82 bits per heavy atom. The van der Waals surface area contributed by atoms with E-state index in [9.17, 15) is 4.79 Å². The molecule has 17 heavy (non-hydrogen) atoms. The van der Waals surface area contributed by atoms with Crippen molar-refractivity contribution < 1.29 is 9.53 Å². The average Bonchev–Trinajstić information content (AvgIpc) is 2.38. The van der Waals surface area contributed by atoms with Crippen LogP contribution in [0.3, 0.4) is 0 Å². The van der Waals surface area contributed by atoms with Gasteiger partial charge in [-0.1, -0.05) is 30.3 Å². The number of carbonyl (C=O) groups is 1. The smallest absolute Gasteiger partial charge is 0.312 e. The molecule has 0 saturated heterocycles. The molecule has 0 fully saturated rings. The number of esters is 1. The van der Waals surface area contributed by atoms with Crippen LogP contribution < -0.4 is 5.32 Å². The van der Waals surface area contributed by atoms with Crippen molar-refractivity contribution in [3.05, 3.63) is 35.9 Å². The van der Waals surface area contributed by atoms with Crippen molar-refractivity contribution in [2.24, 2.45) is 10.9 Å². The number of carbonyl (C=O) groups excluding carboxylic acids is 1. The van der Waals surface area contributed by atoms with Crippen molar-refractivity contribution in [1.29, 1.82) is 0 Å². The van der Waals surface area contributed by atoms with Crippen molar-refractivity contribution >= 4 is 24.7 Å². The summed E-state index contributed by atoms with van der Waals surface area (Å²) < 4.78 is 5.21. The highest BCUT2D eigenvalue weighted by Gasteiger charge is 2.20. The van der Waals surface area contributed by atoms with Gasteiger partial charge in [-0.3, -0.25) is 9.79 Å². The first-order chi connectivity index (χ1) is 7.86. The summed E-state index contributed by atoms with van der Waals surface area (Å²) in [6.07, 6.45) is 1.63. The van der Waals surface area contributed by atoms with Crippen LogP contribution in [0.5, 0.6) is 0 Å². The Morgan fingerprint density at radius 1 is 1.41 bits per heavy atom. The average molecular weight is 255 g/mol. The molecule has 0 amide bonds. The fourth-order valence-electron chi connectivity index (χ4n) is 1.51. The first kappa shape index (κ1) is 13.5. The van der Waals surface area contributed by atoms with Gasteiger partial charge in [0.25, 0.3) is 0 Å². The molecule has 0 radical (unpaired) electrons. The van der Waals surface area contributed by atoms with Gasteiger partial charge in [0.05, 0.1) is 18.8 Å². The number of nitrogens with zero attached hydrogens (tertiary/aromatic N) is 1. The van der Waals surface area contributed by atoms with E-state index in [1.165, 1.54) is 0 Å². The van der Waals surface area contributed by atoms with Gasteiger partial charge >= 0.3 is 5.97 Å². The molecule has 1 aromatic carbocycles. The minimum atomic E-state index is -0.187. The quantitative estimate of drug-likeness (QED) is 0.830. The lowest BCUT2D eigenvalue weighted by Crippen LogP contribution is -2.34. The number of ether oxygens (including phenoxy) is 1. The van der Waals surface area contributed by atoms with Crippen LogP contribution >= 0.6 is 12.4 Å². The number of halogens is 1. The Bertz CT molecular complexity index is 381. The lowest BCUT2D eigenvalue weighted by molar-refractivity contribution is -0.149. The second kappa shape index (κ2) is 6.91. The molecule has 0 aliphatic carbocycles. The Hall–Kier alpha value is -1.55. The van der Waals surface area contributed by atoms with Crippen molar-refractivity contribution in [3.63, 3.8) is 0 Å². The van der Waals surface area contributed by atoms with Gasteiger partial charge in [-0.25, -0.2) is 0 Å². The number of aliphatic imine (C=N–C) groups is 1. The van der Waals surface area contributed by atoms with E-state index in [0.717, 1.165) is 5.56 Å².